The molecule has 0 saturated carbocycles. The summed E-state index contributed by atoms with van der Waals surface area (Å²) in [6.07, 6.45) is 0. The standard InChI is InChI=1S/C14H19NO3/c1-3-15(9-14(16)17-2)8-11-10-18-13-7-5-4-6-12(11)13/h4-7,11H,3,8-10H2,1-2H3. The Morgan fingerprint density at radius 3 is 3.00 bits per heavy atom. The molecule has 2 rings (SSSR count). The van der Waals surface area contributed by atoms with Crippen LogP contribution < -0.4 is 4.74 Å². The van der Waals surface area contributed by atoms with Crippen LogP contribution in [0.15, 0.2) is 24.3 Å². The zero-order valence-electron chi connectivity index (χ0n) is 10.9. The second-order valence-electron chi connectivity index (χ2n) is 4.45. The number of para-hydroxylation sites is 1. The van der Waals surface area contributed by atoms with Gasteiger partial charge in [0, 0.05) is 18.0 Å². The van der Waals surface area contributed by atoms with Crippen LogP contribution in [0, 0.1) is 0 Å². The summed E-state index contributed by atoms with van der Waals surface area (Å²) in [4.78, 5) is 13.4. The summed E-state index contributed by atoms with van der Waals surface area (Å²) >= 11 is 0. The van der Waals surface area contributed by atoms with E-state index in [1.807, 2.05) is 25.1 Å². The first-order chi connectivity index (χ1) is 8.74. The molecule has 1 unspecified atom stereocenters. The monoisotopic (exact) mass is 249 g/mol. The highest BCUT2D eigenvalue weighted by atomic mass is 16.5. The average Bonchev–Trinajstić information content (AvgIpc) is 2.81. The minimum Gasteiger partial charge on any atom is -0.493 e. The molecular formula is C14H19NO3. The summed E-state index contributed by atoms with van der Waals surface area (Å²) in [5.74, 6) is 1.12. The molecule has 0 spiro atoms. The van der Waals surface area contributed by atoms with Crippen molar-refractivity contribution in [3.05, 3.63) is 29.8 Å². The van der Waals surface area contributed by atoms with Gasteiger partial charge in [0.1, 0.15) is 5.75 Å². The summed E-state index contributed by atoms with van der Waals surface area (Å²) in [6.45, 7) is 4.73. The van der Waals surface area contributed by atoms with Crippen LogP contribution in [-0.2, 0) is 9.53 Å². The summed E-state index contributed by atoms with van der Waals surface area (Å²) in [6, 6.07) is 8.09. The van der Waals surface area contributed by atoms with E-state index in [1.165, 1.54) is 12.7 Å². The summed E-state index contributed by atoms with van der Waals surface area (Å²) in [5, 5.41) is 0. The first kappa shape index (κ1) is 12.9. The van der Waals surface area contributed by atoms with Crippen molar-refractivity contribution in [3.8, 4) is 5.75 Å². The Hall–Kier alpha value is -1.55. The molecule has 1 atom stereocenters. The first-order valence-electron chi connectivity index (χ1n) is 6.25. The Bertz CT molecular complexity index is 419. The number of carbonyl (C=O) groups is 1. The van der Waals surface area contributed by atoms with Gasteiger partial charge in [-0.15, -0.1) is 0 Å². The molecular weight excluding hydrogens is 230 g/mol. The largest absolute Gasteiger partial charge is 0.493 e. The van der Waals surface area contributed by atoms with E-state index in [9.17, 15) is 4.79 Å². The van der Waals surface area contributed by atoms with Crippen molar-refractivity contribution in [1.82, 2.24) is 4.90 Å². The van der Waals surface area contributed by atoms with Gasteiger partial charge in [0.25, 0.3) is 0 Å². The maximum Gasteiger partial charge on any atom is 0.319 e. The molecule has 4 nitrogen and oxygen atoms in total. The zero-order valence-corrected chi connectivity index (χ0v) is 10.9. The van der Waals surface area contributed by atoms with Crippen molar-refractivity contribution in [2.75, 3.05) is 33.4 Å². The second-order valence-corrected chi connectivity index (χ2v) is 4.45. The van der Waals surface area contributed by atoms with Crippen molar-refractivity contribution in [2.45, 2.75) is 12.8 Å². The maximum absolute atomic E-state index is 11.3. The van der Waals surface area contributed by atoms with Gasteiger partial charge >= 0.3 is 5.97 Å². The van der Waals surface area contributed by atoms with Crippen molar-refractivity contribution >= 4 is 5.97 Å². The molecule has 0 amide bonds. The van der Waals surface area contributed by atoms with Crippen LogP contribution in [0.1, 0.15) is 18.4 Å². The predicted molar refractivity (Wildman–Crippen MR) is 68.8 cm³/mol. The predicted octanol–water partition coefficient (Wildman–Crippen LogP) is 1.66. The lowest BCUT2D eigenvalue weighted by molar-refractivity contribution is -0.141. The lowest BCUT2D eigenvalue weighted by Gasteiger charge is -2.22. The number of nitrogens with zero attached hydrogens (tertiary/aromatic N) is 1. The third kappa shape index (κ3) is 2.82. The van der Waals surface area contributed by atoms with Gasteiger partial charge in [-0.1, -0.05) is 25.1 Å². The summed E-state index contributed by atoms with van der Waals surface area (Å²) in [5.41, 5.74) is 1.24. The van der Waals surface area contributed by atoms with Crippen molar-refractivity contribution in [2.24, 2.45) is 0 Å². The zero-order chi connectivity index (χ0) is 13.0. The summed E-state index contributed by atoms with van der Waals surface area (Å²) < 4.78 is 10.3. The molecule has 0 saturated heterocycles. The Balaban J connectivity index is 1.99. The fourth-order valence-corrected chi connectivity index (χ4v) is 2.24. The molecule has 4 heteroatoms. The van der Waals surface area contributed by atoms with Crippen LogP contribution >= 0.6 is 0 Å². The molecule has 1 heterocycles. The van der Waals surface area contributed by atoms with Gasteiger partial charge < -0.3 is 9.47 Å². The van der Waals surface area contributed by atoms with Crippen molar-refractivity contribution in [1.29, 1.82) is 0 Å². The van der Waals surface area contributed by atoms with Crippen LogP contribution in [0.25, 0.3) is 0 Å². The SMILES string of the molecule is CCN(CC(=O)OC)CC1COc2ccccc21. The fraction of sp³-hybridized carbons (Fsp3) is 0.500. The van der Waals surface area contributed by atoms with E-state index in [1.54, 1.807) is 0 Å². The minimum atomic E-state index is -0.191. The van der Waals surface area contributed by atoms with Gasteiger partial charge in [-0.2, -0.15) is 0 Å². The first-order valence-corrected chi connectivity index (χ1v) is 6.25. The Morgan fingerprint density at radius 1 is 1.50 bits per heavy atom. The highest BCUT2D eigenvalue weighted by Gasteiger charge is 2.25. The third-order valence-electron chi connectivity index (χ3n) is 3.31. The highest BCUT2D eigenvalue weighted by Crippen LogP contribution is 2.33. The molecule has 18 heavy (non-hydrogen) atoms. The molecule has 0 aromatic heterocycles. The second kappa shape index (κ2) is 5.87. The number of hydrogen-bond acceptors (Lipinski definition) is 4. The smallest absolute Gasteiger partial charge is 0.319 e. The maximum atomic E-state index is 11.3. The minimum absolute atomic E-state index is 0.191. The van der Waals surface area contributed by atoms with Gasteiger partial charge in [-0.25, -0.2) is 0 Å². The molecule has 0 bridgehead atoms. The average molecular weight is 249 g/mol. The van der Waals surface area contributed by atoms with Gasteiger partial charge in [0.2, 0.25) is 0 Å². The number of rotatable bonds is 5. The van der Waals surface area contributed by atoms with Crippen LogP contribution in [0.4, 0.5) is 0 Å². The quantitative estimate of drug-likeness (QED) is 0.744. The van der Waals surface area contributed by atoms with Crippen molar-refractivity contribution < 1.29 is 14.3 Å². The number of carbonyl (C=O) groups excluding carboxylic acids is 1. The number of fused-ring (bicyclic) bond motifs is 1. The van der Waals surface area contributed by atoms with Gasteiger partial charge in [-0.3, -0.25) is 9.69 Å². The number of likely N-dealkylation sites (N-methyl/N-ethyl adjacent to an activating group) is 1. The molecule has 0 radical (unpaired) electrons. The van der Waals surface area contributed by atoms with E-state index in [2.05, 4.69) is 11.0 Å². The van der Waals surface area contributed by atoms with E-state index in [4.69, 9.17) is 9.47 Å². The molecule has 98 valence electrons. The molecule has 1 aromatic carbocycles. The molecule has 0 N–H and O–H groups in total. The fourth-order valence-electron chi connectivity index (χ4n) is 2.24. The third-order valence-corrected chi connectivity index (χ3v) is 3.31. The molecule has 1 aliphatic heterocycles. The van der Waals surface area contributed by atoms with Crippen LogP contribution in [0.5, 0.6) is 5.75 Å². The summed E-state index contributed by atoms with van der Waals surface area (Å²) in [7, 11) is 1.42. The van der Waals surface area contributed by atoms with Crippen LogP contribution in [0.3, 0.4) is 0 Å². The number of benzene rings is 1. The topological polar surface area (TPSA) is 38.8 Å². The molecule has 1 aliphatic rings. The number of hydrogen-bond donors (Lipinski definition) is 0. The molecule has 0 aliphatic carbocycles. The van der Waals surface area contributed by atoms with E-state index in [0.717, 1.165) is 18.8 Å². The lowest BCUT2D eigenvalue weighted by atomic mass is 10.0. The van der Waals surface area contributed by atoms with E-state index in [0.29, 0.717) is 19.1 Å². The number of esters is 1. The lowest BCUT2D eigenvalue weighted by Crippen LogP contribution is -2.34. The van der Waals surface area contributed by atoms with Gasteiger partial charge in [0.15, 0.2) is 0 Å². The van der Waals surface area contributed by atoms with E-state index < -0.39 is 0 Å². The molecule has 1 aromatic rings. The van der Waals surface area contributed by atoms with E-state index >= 15 is 0 Å². The van der Waals surface area contributed by atoms with E-state index in [-0.39, 0.29) is 5.97 Å². The van der Waals surface area contributed by atoms with Crippen molar-refractivity contribution in [3.63, 3.8) is 0 Å². The molecule has 0 fully saturated rings. The number of methoxy groups -OCH3 is 1. The van der Waals surface area contributed by atoms with Gasteiger partial charge in [0.05, 0.1) is 20.3 Å². The Morgan fingerprint density at radius 2 is 2.28 bits per heavy atom. The number of ether oxygens (including phenoxy) is 2. The highest BCUT2D eigenvalue weighted by molar-refractivity contribution is 5.71. The Labute approximate surface area is 107 Å². The van der Waals surface area contributed by atoms with Crippen LogP contribution in [0.2, 0.25) is 0 Å². The Kier molecular flexibility index (Phi) is 4.20. The van der Waals surface area contributed by atoms with Crippen LogP contribution in [-0.4, -0.2) is 44.2 Å². The normalized spacial score (nSPS) is 17.4. The van der Waals surface area contributed by atoms with Gasteiger partial charge in [-0.05, 0) is 12.6 Å².